The van der Waals surface area contributed by atoms with E-state index in [1.807, 2.05) is 4.90 Å². The van der Waals surface area contributed by atoms with Crippen LogP contribution in [-0.2, 0) is 9.59 Å². The fourth-order valence-electron chi connectivity index (χ4n) is 2.84. The standard InChI is InChI=1S/C18H23N3O2/c1-14-6-9-20(10-7-14)18(23)8-11-21(15(2)22)17-5-3-4-16(12-17)13-19/h3-5,12,14H,6-11H2,1-2H3. The Morgan fingerprint density at radius 1 is 1.35 bits per heavy atom. The summed E-state index contributed by atoms with van der Waals surface area (Å²) in [5, 5.41) is 8.98. The van der Waals surface area contributed by atoms with Gasteiger partial charge in [0, 0.05) is 38.7 Å². The molecular formula is C18H23N3O2. The van der Waals surface area contributed by atoms with Crippen LogP contribution in [0.1, 0.15) is 38.7 Å². The number of hydrogen-bond acceptors (Lipinski definition) is 3. The fraction of sp³-hybridized carbons (Fsp3) is 0.500. The number of carbonyl (C=O) groups excluding carboxylic acids is 2. The van der Waals surface area contributed by atoms with Crippen LogP contribution in [0, 0.1) is 17.2 Å². The Morgan fingerprint density at radius 2 is 2.04 bits per heavy atom. The van der Waals surface area contributed by atoms with E-state index in [-0.39, 0.29) is 11.8 Å². The molecule has 1 aromatic rings. The van der Waals surface area contributed by atoms with E-state index in [0.29, 0.717) is 30.1 Å². The Labute approximate surface area is 137 Å². The molecule has 0 atom stereocenters. The Morgan fingerprint density at radius 3 is 2.65 bits per heavy atom. The molecule has 0 bridgehead atoms. The van der Waals surface area contributed by atoms with Crippen LogP contribution in [0.5, 0.6) is 0 Å². The van der Waals surface area contributed by atoms with Crippen LogP contribution in [0.3, 0.4) is 0 Å². The van der Waals surface area contributed by atoms with Crippen molar-refractivity contribution >= 4 is 17.5 Å². The van der Waals surface area contributed by atoms with Gasteiger partial charge in [0.2, 0.25) is 11.8 Å². The number of nitriles is 1. The van der Waals surface area contributed by atoms with E-state index in [9.17, 15) is 9.59 Å². The highest BCUT2D eigenvalue weighted by Crippen LogP contribution is 2.19. The van der Waals surface area contributed by atoms with Gasteiger partial charge in [-0.25, -0.2) is 0 Å². The van der Waals surface area contributed by atoms with Gasteiger partial charge < -0.3 is 9.80 Å². The number of benzene rings is 1. The summed E-state index contributed by atoms with van der Waals surface area (Å²) in [5.41, 5.74) is 1.17. The largest absolute Gasteiger partial charge is 0.343 e. The molecule has 1 aliphatic rings. The summed E-state index contributed by atoms with van der Waals surface area (Å²) in [4.78, 5) is 27.7. The van der Waals surface area contributed by atoms with Crippen molar-refractivity contribution in [3.8, 4) is 6.07 Å². The third-order valence-corrected chi connectivity index (χ3v) is 4.35. The van der Waals surface area contributed by atoms with Crippen molar-refractivity contribution in [2.45, 2.75) is 33.1 Å². The average Bonchev–Trinajstić information content (AvgIpc) is 2.55. The Bertz CT molecular complexity index is 613. The molecule has 1 aliphatic heterocycles. The zero-order valence-corrected chi connectivity index (χ0v) is 13.8. The first-order chi connectivity index (χ1) is 11.0. The molecular weight excluding hydrogens is 290 g/mol. The molecule has 0 spiro atoms. The topological polar surface area (TPSA) is 64.4 Å². The first-order valence-electron chi connectivity index (χ1n) is 8.07. The molecule has 2 rings (SSSR count). The quantitative estimate of drug-likeness (QED) is 0.858. The lowest BCUT2D eigenvalue weighted by atomic mass is 9.99. The third kappa shape index (κ3) is 4.56. The van der Waals surface area contributed by atoms with Gasteiger partial charge in [0.25, 0.3) is 0 Å². The first kappa shape index (κ1) is 17.0. The van der Waals surface area contributed by atoms with E-state index >= 15 is 0 Å². The van der Waals surface area contributed by atoms with Gasteiger partial charge in [-0.3, -0.25) is 9.59 Å². The maximum Gasteiger partial charge on any atom is 0.224 e. The molecule has 2 amide bonds. The lowest BCUT2D eigenvalue weighted by Gasteiger charge is -2.31. The number of amides is 2. The van der Waals surface area contributed by atoms with Crippen LogP contribution in [-0.4, -0.2) is 36.3 Å². The Hall–Kier alpha value is -2.35. The zero-order valence-electron chi connectivity index (χ0n) is 13.8. The van der Waals surface area contributed by atoms with E-state index in [0.717, 1.165) is 25.9 Å². The molecule has 0 radical (unpaired) electrons. The van der Waals surface area contributed by atoms with Crippen LogP contribution in [0.2, 0.25) is 0 Å². The summed E-state index contributed by atoms with van der Waals surface area (Å²) < 4.78 is 0. The average molecular weight is 313 g/mol. The summed E-state index contributed by atoms with van der Waals surface area (Å²) in [5.74, 6) is 0.654. The monoisotopic (exact) mass is 313 g/mol. The predicted molar refractivity (Wildman–Crippen MR) is 88.8 cm³/mol. The second-order valence-corrected chi connectivity index (χ2v) is 6.15. The van der Waals surface area contributed by atoms with Crippen molar-refractivity contribution in [1.29, 1.82) is 5.26 Å². The van der Waals surface area contributed by atoms with E-state index in [2.05, 4.69) is 13.0 Å². The molecule has 1 heterocycles. The minimum absolute atomic E-state index is 0.0968. The van der Waals surface area contributed by atoms with E-state index in [4.69, 9.17) is 5.26 Å². The molecule has 0 aliphatic carbocycles. The lowest BCUT2D eigenvalue weighted by Crippen LogP contribution is -2.40. The van der Waals surface area contributed by atoms with Gasteiger partial charge in [-0.2, -0.15) is 5.26 Å². The molecule has 122 valence electrons. The maximum atomic E-state index is 12.3. The molecule has 1 aromatic carbocycles. The molecule has 1 saturated heterocycles. The summed E-state index contributed by atoms with van der Waals surface area (Å²) in [7, 11) is 0. The van der Waals surface area contributed by atoms with Gasteiger partial charge in [0.15, 0.2) is 0 Å². The number of piperidine rings is 1. The molecule has 5 nitrogen and oxygen atoms in total. The van der Waals surface area contributed by atoms with Gasteiger partial charge in [0.1, 0.15) is 0 Å². The molecule has 0 unspecified atom stereocenters. The highest BCUT2D eigenvalue weighted by Gasteiger charge is 2.21. The number of carbonyl (C=O) groups is 2. The van der Waals surface area contributed by atoms with E-state index in [1.54, 1.807) is 29.2 Å². The molecule has 5 heteroatoms. The minimum Gasteiger partial charge on any atom is -0.343 e. The van der Waals surface area contributed by atoms with Crippen molar-refractivity contribution in [2.24, 2.45) is 5.92 Å². The molecule has 0 N–H and O–H groups in total. The van der Waals surface area contributed by atoms with E-state index < -0.39 is 0 Å². The first-order valence-corrected chi connectivity index (χ1v) is 8.07. The van der Waals surface area contributed by atoms with Crippen molar-refractivity contribution in [1.82, 2.24) is 4.90 Å². The third-order valence-electron chi connectivity index (χ3n) is 4.35. The highest BCUT2D eigenvalue weighted by atomic mass is 16.2. The maximum absolute atomic E-state index is 12.3. The number of nitrogens with zero attached hydrogens (tertiary/aromatic N) is 3. The predicted octanol–water partition coefficient (Wildman–Crippen LogP) is 2.56. The highest BCUT2D eigenvalue weighted by molar-refractivity contribution is 5.92. The van der Waals surface area contributed by atoms with Gasteiger partial charge in [-0.15, -0.1) is 0 Å². The fourth-order valence-corrected chi connectivity index (χ4v) is 2.84. The van der Waals surface area contributed by atoms with Crippen molar-refractivity contribution < 1.29 is 9.59 Å². The number of hydrogen-bond donors (Lipinski definition) is 0. The summed E-state index contributed by atoms with van der Waals surface area (Å²) in [6, 6.07) is 8.97. The summed E-state index contributed by atoms with van der Waals surface area (Å²) in [6.07, 6.45) is 2.41. The smallest absolute Gasteiger partial charge is 0.224 e. The van der Waals surface area contributed by atoms with Gasteiger partial charge in [-0.1, -0.05) is 13.0 Å². The van der Waals surface area contributed by atoms with Gasteiger partial charge in [-0.05, 0) is 37.0 Å². The second-order valence-electron chi connectivity index (χ2n) is 6.15. The van der Waals surface area contributed by atoms with Crippen LogP contribution in [0.4, 0.5) is 5.69 Å². The molecule has 0 aromatic heterocycles. The Kier molecular flexibility index (Phi) is 5.75. The minimum atomic E-state index is -0.125. The van der Waals surface area contributed by atoms with Gasteiger partial charge >= 0.3 is 0 Å². The van der Waals surface area contributed by atoms with E-state index in [1.165, 1.54) is 6.92 Å². The second kappa shape index (κ2) is 7.77. The Balaban J connectivity index is 1.98. The van der Waals surface area contributed by atoms with Gasteiger partial charge in [0.05, 0.1) is 11.6 Å². The zero-order chi connectivity index (χ0) is 16.8. The van der Waals surface area contributed by atoms with Crippen LogP contribution in [0.15, 0.2) is 24.3 Å². The van der Waals surface area contributed by atoms with Crippen LogP contribution >= 0.6 is 0 Å². The van der Waals surface area contributed by atoms with Crippen molar-refractivity contribution in [2.75, 3.05) is 24.5 Å². The molecule has 1 fully saturated rings. The lowest BCUT2D eigenvalue weighted by molar-refractivity contribution is -0.132. The number of anilines is 1. The molecule has 0 saturated carbocycles. The number of rotatable bonds is 4. The van der Waals surface area contributed by atoms with Crippen LogP contribution < -0.4 is 4.90 Å². The normalized spacial score (nSPS) is 15.1. The summed E-state index contributed by atoms with van der Waals surface area (Å²) >= 11 is 0. The van der Waals surface area contributed by atoms with Crippen molar-refractivity contribution in [3.63, 3.8) is 0 Å². The SMILES string of the molecule is CC(=O)N(CCC(=O)N1CCC(C)CC1)c1cccc(C#N)c1. The summed E-state index contributed by atoms with van der Waals surface area (Å²) in [6.45, 7) is 5.65. The number of likely N-dealkylation sites (tertiary alicyclic amines) is 1. The molecule has 23 heavy (non-hydrogen) atoms. The van der Waals surface area contributed by atoms with Crippen molar-refractivity contribution in [3.05, 3.63) is 29.8 Å². The van der Waals surface area contributed by atoms with Crippen LogP contribution in [0.25, 0.3) is 0 Å².